The number of nitrogens with zero attached hydrogens (tertiary/aromatic N) is 2. The number of hydrogen-bond donors (Lipinski definition) is 2. The molecule has 78 valence electrons. The van der Waals surface area contributed by atoms with E-state index in [1.165, 1.54) is 0 Å². The highest BCUT2D eigenvalue weighted by molar-refractivity contribution is 5.28. The third kappa shape index (κ3) is 2.32. The normalized spacial score (nSPS) is 10.5. The van der Waals surface area contributed by atoms with E-state index in [1.807, 2.05) is 6.07 Å². The van der Waals surface area contributed by atoms with Crippen LogP contribution in [0.1, 0.15) is 17.3 Å². The van der Waals surface area contributed by atoms with Crippen LogP contribution in [0.25, 0.3) is 0 Å². The van der Waals surface area contributed by atoms with Gasteiger partial charge in [0.25, 0.3) is 0 Å². The lowest BCUT2D eigenvalue weighted by Crippen LogP contribution is -1.98. The second kappa shape index (κ2) is 4.10. The van der Waals surface area contributed by atoms with Gasteiger partial charge in [-0.1, -0.05) is 17.3 Å². The average molecular weight is 205 g/mol. The maximum absolute atomic E-state index is 9.26. The molecule has 1 aromatic carbocycles. The molecule has 5 heteroatoms. The third-order valence-electron chi connectivity index (χ3n) is 1.96. The summed E-state index contributed by atoms with van der Waals surface area (Å²) < 4.78 is 4.98. The van der Waals surface area contributed by atoms with Crippen molar-refractivity contribution in [2.75, 3.05) is 0 Å². The summed E-state index contributed by atoms with van der Waals surface area (Å²) in [7, 11) is 0. The second-order valence-electron chi connectivity index (χ2n) is 3.16. The Labute approximate surface area is 86.5 Å². The molecule has 2 aromatic rings. The minimum absolute atomic E-state index is 0.228. The van der Waals surface area contributed by atoms with Crippen LogP contribution in [0, 0.1) is 0 Å². The molecular formula is C10H11N3O2. The van der Waals surface area contributed by atoms with Crippen LogP contribution in [-0.2, 0) is 13.0 Å². The van der Waals surface area contributed by atoms with Crippen LogP contribution in [0.4, 0.5) is 0 Å². The second-order valence-corrected chi connectivity index (χ2v) is 3.16. The predicted octanol–water partition coefficient (Wildman–Crippen LogP) is 0.825. The molecule has 0 saturated carbocycles. The van der Waals surface area contributed by atoms with Crippen molar-refractivity contribution in [3.8, 4) is 5.75 Å². The van der Waals surface area contributed by atoms with Gasteiger partial charge in [-0.2, -0.15) is 4.98 Å². The smallest absolute Gasteiger partial charge is 0.231 e. The number of phenolic OH excluding ortho intramolecular Hbond substituents is 1. The molecule has 0 aliphatic rings. The molecule has 0 saturated heterocycles. The van der Waals surface area contributed by atoms with Crippen LogP contribution in [0.3, 0.4) is 0 Å². The van der Waals surface area contributed by atoms with Crippen LogP contribution in [-0.4, -0.2) is 15.2 Å². The van der Waals surface area contributed by atoms with Gasteiger partial charge in [0.2, 0.25) is 5.89 Å². The third-order valence-corrected chi connectivity index (χ3v) is 1.96. The fraction of sp³-hybridized carbons (Fsp3) is 0.200. The first-order chi connectivity index (χ1) is 7.28. The Bertz CT molecular complexity index is 453. The molecule has 15 heavy (non-hydrogen) atoms. The van der Waals surface area contributed by atoms with E-state index in [0.29, 0.717) is 18.1 Å². The van der Waals surface area contributed by atoms with E-state index in [2.05, 4.69) is 10.1 Å². The molecule has 5 nitrogen and oxygen atoms in total. The summed E-state index contributed by atoms with van der Waals surface area (Å²) in [5, 5.41) is 12.9. The van der Waals surface area contributed by atoms with Gasteiger partial charge in [0, 0.05) is 0 Å². The first-order valence-corrected chi connectivity index (χ1v) is 4.57. The van der Waals surface area contributed by atoms with Gasteiger partial charge in [0.1, 0.15) is 5.75 Å². The standard InChI is InChI=1S/C10H11N3O2/c11-6-9-12-10(15-13-9)5-7-2-1-3-8(14)4-7/h1-4,14H,5-6,11H2. The first kappa shape index (κ1) is 9.67. The highest BCUT2D eigenvalue weighted by Crippen LogP contribution is 2.13. The van der Waals surface area contributed by atoms with Gasteiger partial charge >= 0.3 is 0 Å². The van der Waals surface area contributed by atoms with Crippen molar-refractivity contribution in [1.29, 1.82) is 0 Å². The summed E-state index contributed by atoms with van der Waals surface area (Å²) in [6, 6.07) is 6.92. The molecule has 0 aliphatic heterocycles. The quantitative estimate of drug-likeness (QED) is 0.775. The number of benzene rings is 1. The molecule has 2 rings (SSSR count). The number of phenols is 1. The molecular weight excluding hydrogens is 194 g/mol. The van der Waals surface area contributed by atoms with Crippen LogP contribution >= 0.6 is 0 Å². The lowest BCUT2D eigenvalue weighted by Gasteiger charge is -1.96. The highest BCUT2D eigenvalue weighted by Gasteiger charge is 2.05. The zero-order chi connectivity index (χ0) is 10.7. The van der Waals surface area contributed by atoms with E-state index >= 15 is 0 Å². The number of hydrogen-bond acceptors (Lipinski definition) is 5. The lowest BCUT2D eigenvalue weighted by atomic mass is 10.1. The summed E-state index contributed by atoms with van der Waals surface area (Å²) >= 11 is 0. The van der Waals surface area contributed by atoms with Crippen LogP contribution < -0.4 is 5.73 Å². The Morgan fingerprint density at radius 2 is 2.27 bits per heavy atom. The van der Waals surface area contributed by atoms with Crippen LogP contribution in [0.2, 0.25) is 0 Å². The van der Waals surface area contributed by atoms with Gasteiger partial charge in [0.15, 0.2) is 5.82 Å². The zero-order valence-corrected chi connectivity index (χ0v) is 8.05. The van der Waals surface area contributed by atoms with E-state index in [1.54, 1.807) is 18.2 Å². The fourth-order valence-corrected chi connectivity index (χ4v) is 1.29. The van der Waals surface area contributed by atoms with E-state index in [9.17, 15) is 5.11 Å². The molecule has 1 heterocycles. The number of aromatic nitrogens is 2. The van der Waals surface area contributed by atoms with Crippen molar-refractivity contribution in [2.45, 2.75) is 13.0 Å². The molecule has 1 aromatic heterocycles. The molecule has 3 N–H and O–H groups in total. The van der Waals surface area contributed by atoms with E-state index < -0.39 is 0 Å². The molecule has 0 aliphatic carbocycles. The Kier molecular flexibility index (Phi) is 2.64. The minimum atomic E-state index is 0.228. The summed E-state index contributed by atoms with van der Waals surface area (Å²) in [4.78, 5) is 4.07. The number of rotatable bonds is 3. The Morgan fingerprint density at radius 3 is 2.93 bits per heavy atom. The molecule has 0 amide bonds. The maximum atomic E-state index is 9.26. The molecule has 0 radical (unpaired) electrons. The Balaban J connectivity index is 2.14. The monoisotopic (exact) mass is 205 g/mol. The largest absolute Gasteiger partial charge is 0.508 e. The number of aromatic hydroxyl groups is 1. The summed E-state index contributed by atoms with van der Waals surface area (Å²) in [6.07, 6.45) is 0.501. The lowest BCUT2D eigenvalue weighted by molar-refractivity contribution is 0.379. The maximum Gasteiger partial charge on any atom is 0.231 e. The average Bonchev–Trinajstić information content (AvgIpc) is 2.65. The van der Waals surface area contributed by atoms with Gasteiger partial charge in [-0.15, -0.1) is 0 Å². The number of nitrogens with two attached hydrogens (primary N) is 1. The Morgan fingerprint density at radius 1 is 1.40 bits per heavy atom. The summed E-state index contributed by atoms with van der Waals surface area (Å²) in [5.74, 6) is 1.22. The molecule has 0 fully saturated rings. The van der Waals surface area contributed by atoms with Crippen molar-refractivity contribution < 1.29 is 9.63 Å². The Hall–Kier alpha value is -1.88. The molecule has 0 spiro atoms. The van der Waals surface area contributed by atoms with Crippen molar-refractivity contribution >= 4 is 0 Å². The van der Waals surface area contributed by atoms with Crippen molar-refractivity contribution in [3.05, 3.63) is 41.5 Å². The van der Waals surface area contributed by atoms with Crippen LogP contribution in [0.5, 0.6) is 5.75 Å². The van der Waals surface area contributed by atoms with Gasteiger partial charge in [0.05, 0.1) is 13.0 Å². The molecule has 0 bridgehead atoms. The zero-order valence-electron chi connectivity index (χ0n) is 8.05. The summed E-state index contributed by atoms with van der Waals surface area (Å²) in [6.45, 7) is 0.267. The van der Waals surface area contributed by atoms with Crippen molar-refractivity contribution in [3.63, 3.8) is 0 Å². The summed E-state index contributed by atoms with van der Waals surface area (Å²) in [5.41, 5.74) is 6.27. The van der Waals surface area contributed by atoms with E-state index in [0.717, 1.165) is 5.56 Å². The molecule has 0 unspecified atom stereocenters. The van der Waals surface area contributed by atoms with Gasteiger partial charge < -0.3 is 15.4 Å². The molecule has 0 atom stereocenters. The van der Waals surface area contributed by atoms with Crippen molar-refractivity contribution in [2.24, 2.45) is 5.73 Å². The highest BCUT2D eigenvalue weighted by atomic mass is 16.5. The van der Waals surface area contributed by atoms with Crippen molar-refractivity contribution in [1.82, 2.24) is 10.1 Å². The van der Waals surface area contributed by atoms with E-state index in [-0.39, 0.29) is 12.3 Å². The SMILES string of the molecule is NCc1noc(Cc2cccc(O)c2)n1. The van der Waals surface area contributed by atoms with Gasteiger partial charge in [-0.3, -0.25) is 0 Å². The first-order valence-electron chi connectivity index (χ1n) is 4.57. The fourth-order valence-electron chi connectivity index (χ4n) is 1.29. The van der Waals surface area contributed by atoms with Gasteiger partial charge in [-0.25, -0.2) is 0 Å². The minimum Gasteiger partial charge on any atom is -0.508 e. The topological polar surface area (TPSA) is 85.2 Å². The van der Waals surface area contributed by atoms with Gasteiger partial charge in [-0.05, 0) is 17.7 Å². The predicted molar refractivity (Wildman–Crippen MR) is 53.1 cm³/mol. The van der Waals surface area contributed by atoms with E-state index in [4.69, 9.17) is 10.3 Å². The van der Waals surface area contributed by atoms with Crippen LogP contribution in [0.15, 0.2) is 28.8 Å².